The number of hydrogen-bond donors (Lipinski definition) is 3. The zero-order valence-electron chi connectivity index (χ0n) is 14.4. The van der Waals surface area contributed by atoms with Crippen molar-refractivity contribution in [2.45, 2.75) is 20.0 Å². The van der Waals surface area contributed by atoms with Crippen LogP contribution in [0, 0.1) is 12.3 Å². The van der Waals surface area contributed by atoms with E-state index in [2.05, 4.69) is 19.9 Å². The van der Waals surface area contributed by atoms with Gasteiger partial charge in [0.05, 0.1) is 35.6 Å². The number of aryl methyl sites for hydroxylation is 1. The summed E-state index contributed by atoms with van der Waals surface area (Å²) < 4.78 is 24.7. The Kier molecular flexibility index (Phi) is 5.46. The van der Waals surface area contributed by atoms with Crippen LogP contribution in [0.2, 0.25) is 0 Å². The molecular formula is C19H17F2N5O. The van der Waals surface area contributed by atoms with Crippen molar-refractivity contribution in [3.05, 3.63) is 59.8 Å². The highest BCUT2D eigenvalue weighted by molar-refractivity contribution is 5.97. The Labute approximate surface area is 154 Å². The van der Waals surface area contributed by atoms with Gasteiger partial charge in [-0.1, -0.05) is 11.6 Å². The van der Waals surface area contributed by atoms with E-state index in [9.17, 15) is 13.9 Å². The Morgan fingerprint density at radius 3 is 2.70 bits per heavy atom. The van der Waals surface area contributed by atoms with Gasteiger partial charge in [0, 0.05) is 5.56 Å². The third-order valence-electron chi connectivity index (χ3n) is 3.81. The predicted molar refractivity (Wildman–Crippen MR) is 98.5 cm³/mol. The van der Waals surface area contributed by atoms with Gasteiger partial charge in [0.2, 0.25) is 0 Å². The maximum absolute atomic E-state index is 12.4. The summed E-state index contributed by atoms with van der Waals surface area (Å²) in [6, 6.07) is 7.49. The first-order valence-corrected chi connectivity index (χ1v) is 8.10. The van der Waals surface area contributed by atoms with Crippen LogP contribution in [0.1, 0.15) is 17.0 Å². The lowest BCUT2D eigenvalue weighted by Crippen LogP contribution is -2.03. The van der Waals surface area contributed by atoms with Gasteiger partial charge in [0.15, 0.2) is 0 Å². The number of aliphatic hydroxyl groups is 1. The van der Waals surface area contributed by atoms with E-state index >= 15 is 0 Å². The molecule has 2 aromatic heterocycles. The highest BCUT2D eigenvalue weighted by atomic mass is 19.3. The van der Waals surface area contributed by atoms with Crippen LogP contribution in [-0.4, -0.2) is 37.2 Å². The lowest BCUT2D eigenvalue weighted by atomic mass is 10.0. The number of aromatic amines is 1. The summed E-state index contributed by atoms with van der Waals surface area (Å²) in [5, 5.41) is 16.5. The van der Waals surface area contributed by atoms with Crippen LogP contribution >= 0.6 is 0 Å². The number of H-pyrrole nitrogens is 1. The Morgan fingerprint density at radius 2 is 1.96 bits per heavy atom. The van der Waals surface area contributed by atoms with E-state index in [1.54, 1.807) is 6.07 Å². The van der Waals surface area contributed by atoms with Crippen LogP contribution in [0.25, 0.3) is 28.7 Å². The summed E-state index contributed by atoms with van der Waals surface area (Å²) in [5.74, 6) is 0.341. The molecule has 0 amide bonds. The summed E-state index contributed by atoms with van der Waals surface area (Å²) >= 11 is 0. The average Bonchev–Trinajstić information content (AvgIpc) is 3.14. The Balaban J connectivity index is 1.88. The standard InChI is InChI=1S/C19H17F2N5O/c1-11-4-12(9-27)6-13(5-11)15-7-16(25-10-24-15)17-8-23-18(26-17)3-2-14(22)19(20)21/h2-8,10,19,22,27H,9H2,1H3,(H,23,26)/b3-2-,22-14?. The van der Waals surface area contributed by atoms with Crippen molar-refractivity contribution in [2.75, 3.05) is 0 Å². The van der Waals surface area contributed by atoms with Gasteiger partial charge in [-0.25, -0.2) is 23.7 Å². The van der Waals surface area contributed by atoms with Crippen LogP contribution in [0.5, 0.6) is 0 Å². The summed E-state index contributed by atoms with van der Waals surface area (Å²) in [7, 11) is 0. The fourth-order valence-corrected chi connectivity index (χ4v) is 2.56. The summed E-state index contributed by atoms with van der Waals surface area (Å²) in [4.78, 5) is 15.6. The SMILES string of the molecule is Cc1cc(CO)cc(-c2cc(-c3cnc(/C=C\C(=N)C(F)F)[nH]3)ncn2)c1. The molecule has 0 aliphatic rings. The van der Waals surface area contributed by atoms with E-state index in [0.29, 0.717) is 22.9 Å². The van der Waals surface area contributed by atoms with Gasteiger partial charge < -0.3 is 10.1 Å². The van der Waals surface area contributed by atoms with Crippen LogP contribution < -0.4 is 0 Å². The zero-order valence-corrected chi connectivity index (χ0v) is 14.4. The van der Waals surface area contributed by atoms with Crippen molar-refractivity contribution in [3.8, 4) is 22.6 Å². The van der Waals surface area contributed by atoms with E-state index in [1.807, 2.05) is 25.1 Å². The second-order valence-corrected chi connectivity index (χ2v) is 5.93. The van der Waals surface area contributed by atoms with Crippen LogP contribution in [0.3, 0.4) is 0 Å². The van der Waals surface area contributed by atoms with Crippen molar-refractivity contribution >= 4 is 11.8 Å². The normalized spacial score (nSPS) is 11.4. The molecule has 0 atom stereocenters. The van der Waals surface area contributed by atoms with E-state index < -0.39 is 12.1 Å². The number of aromatic nitrogens is 4. The van der Waals surface area contributed by atoms with Gasteiger partial charge in [-0.3, -0.25) is 5.41 Å². The van der Waals surface area contributed by atoms with Crippen molar-refractivity contribution in [1.82, 2.24) is 19.9 Å². The van der Waals surface area contributed by atoms with E-state index in [0.717, 1.165) is 22.8 Å². The number of aliphatic hydroxyl groups excluding tert-OH is 1. The highest BCUT2D eigenvalue weighted by Crippen LogP contribution is 2.24. The fraction of sp³-hybridized carbons (Fsp3) is 0.158. The number of rotatable bonds is 6. The second kappa shape index (κ2) is 7.96. The van der Waals surface area contributed by atoms with Crippen molar-refractivity contribution in [3.63, 3.8) is 0 Å². The molecule has 138 valence electrons. The van der Waals surface area contributed by atoms with E-state index in [1.165, 1.54) is 18.6 Å². The smallest absolute Gasteiger partial charge is 0.279 e. The monoisotopic (exact) mass is 369 g/mol. The number of halogens is 2. The third-order valence-corrected chi connectivity index (χ3v) is 3.81. The van der Waals surface area contributed by atoms with Crippen molar-refractivity contribution in [2.24, 2.45) is 0 Å². The molecule has 1 aromatic carbocycles. The molecule has 0 saturated heterocycles. The molecule has 8 heteroatoms. The molecule has 3 N–H and O–H groups in total. The van der Waals surface area contributed by atoms with Crippen LogP contribution in [0.4, 0.5) is 8.78 Å². The van der Waals surface area contributed by atoms with E-state index in [4.69, 9.17) is 5.41 Å². The Morgan fingerprint density at radius 1 is 1.19 bits per heavy atom. The van der Waals surface area contributed by atoms with E-state index in [-0.39, 0.29) is 6.61 Å². The maximum atomic E-state index is 12.4. The Bertz CT molecular complexity index is 997. The van der Waals surface area contributed by atoms with Crippen LogP contribution in [0.15, 0.2) is 42.9 Å². The van der Waals surface area contributed by atoms with Crippen molar-refractivity contribution in [1.29, 1.82) is 5.41 Å². The highest BCUT2D eigenvalue weighted by Gasteiger charge is 2.09. The number of hydrogen-bond acceptors (Lipinski definition) is 5. The molecule has 0 bridgehead atoms. The van der Waals surface area contributed by atoms with Gasteiger partial charge in [-0.2, -0.15) is 0 Å². The van der Waals surface area contributed by atoms with Gasteiger partial charge >= 0.3 is 0 Å². The molecule has 0 aliphatic heterocycles. The molecule has 0 aliphatic carbocycles. The molecular weight excluding hydrogens is 352 g/mol. The second-order valence-electron chi connectivity index (χ2n) is 5.93. The van der Waals surface area contributed by atoms with Crippen molar-refractivity contribution < 1.29 is 13.9 Å². The molecule has 0 unspecified atom stereocenters. The molecule has 3 aromatic rings. The molecule has 27 heavy (non-hydrogen) atoms. The maximum Gasteiger partial charge on any atom is 0.279 e. The first-order chi connectivity index (χ1) is 13.0. The average molecular weight is 369 g/mol. The molecule has 0 radical (unpaired) electrons. The molecule has 0 saturated carbocycles. The number of imidazole rings is 1. The minimum atomic E-state index is -2.82. The number of allylic oxidation sites excluding steroid dienone is 1. The lowest BCUT2D eigenvalue weighted by molar-refractivity contribution is 0.226. The number of nitrogens with zero attached hydrogens (tertiary/aromatic N) is 3. The first kappa shape index (κ1) is 18.5. The summed E-state index contributed by atoms with van der Waals surface area (Å²) in [6.07, 6.45) is 2.45. The number of benzene rings is 1. The minimum Gasteiger partial charge on any atom is -0.392 e. The molecule has 2 heterocycles. The zero-order chi connectivity index (χ0) is 19.4. The summed E-state index contributed by atoms with van der Waals surface area (Å²) in [5.41, 5.74) is 3.74. The molecule has 6 nitrogen and oxygen atoms in total. The number of alkyl halides is 2. The molecule has 0 spiro atoms. The topological polar surface area (TPSA) is 98.5 Å². The van der Waals surface area contributed by atoms with Gasteiger partial charge in [-0.15, -0.1) is 0 Å². The fourth-order valence-electron chi connectivity index (χ4n) is 2.56. The van der Waals surface area contributed by atoms with Gasteiger partial charge in [-0.05, 0) is 42.8 Å². The lowest BCUT2D eigenvalue weighted by Gasteiger charge is -2.06. The summed E-state index contributed by atoms with van der Waals surface area (Å²) in [6.45, 7) is 1.88. The Hall–Kier alpha value is -3.26. The third kappa shape index (κ3) is 4.48. The minimum absolute atomic E-state index is 0.0590. The van der Waals surface area contributed by atoms with Gasteiger partial charge in [0.25, 0.3) is 6.43 Å². The first-order valence-electron chi connectivity index (χ1n) is 8.10. The molecule has 3 rings (SSSR count). The van der Waals surface area contributed by atoms with Crippen LogP contribution in [-0.2, 0) is 6.61 Å². The predicted octanol–water partition coefficient (Wildman–Crippen LogP) is 3.63. The molecule has 0 fully saturated rings. The largest absolute Gasteiger partial charge is 0.392 e. The quantitative estimate of drug-likeness (QED) is 0.578. The number of nitrogens with one attached hydrogen (secondary N) is 2. The van der Waals surface area contributed by atoms with Gasteiger partial charge in [0.1, 0.15) is 12.2 Å².